The number of methoxy groups -OCH3 is 2. The molecule has 0 saturated carbocycles. The molecule has 0 fully saturated rings. The van der Waals surface area contributed by atoms with Crippen LogP contribution in [-0.2, 0) is 9.53 Å². The van der Waals surface area contributed by atoms with E-state index in [1.54, 1.807) is 0 Å². The fourth-order valence-electron chi connectivity index (χ4n) is 2.99. The van der Waals surface area contributed by atoms with E-state index in [1.165, 1.54) is 26.5 Å². The van der Waals surface area contributed by atoms with Gasteiger partial charge in [0.05, 0.1) is 31.6 Å². The van der Waals surface area contributed by atoms with Crippen molar-refractivity contribution in [3.05, 3.63) is 41.8 Å². The Labute approximate surface area is 179 Å². The first-order valence-electron chi connectivity index (χ1n) is 9.07. The minimum absolute atomic E-state index is 0.122. The highest BCUT2D eigenvalue weighted by Gasteiger charge is 2.33. The van der Waals surface area contributed by atoms with Crippen LogP contribution >= 0.6 is 0 Å². The SMILES string of the molecule is COCC(NC(=O)N1CC(=O)Nc2cc(OC)cnc21)c1ccc(OC(F)(F)F)c(F)c1. The van der Waals surface area contributed by atoms with Crippen LogP contribution in [0.4, 0.5) is 33.9 Å². The van der Waals surface area contributed by atoms with Gasteiger partial charge in [-0.25, -0.2) is 14.2 Å². The van der Waals surface area contributed by atoms with Crippen molar-refractivity contribution in [2.24, 2.45) is 0 Å². The van der Waals surface area contributed by atoms with Gasteiger partial charge in [0.15, 0.2) is 17.4 Å². The second-order valence-electron chi connectivity index (χ2n) is 6.58. The van der Waals surface area contributed by atoms with Crippen LogP contribution in [0.2, 0.25) is 0 Å². The number of hydrogen-bond acceptors (Lipinski definition) is 6. The van der Waals surface area contributed by atoms with Crippen LogP contribution in [0.3, 0.4) is 0 Å². The average molecular weight is 458 g/mol. The third-order valence-corrected chi connectivity index (χ3v) is 4.37. The van der Waals surface area contributed by atoms with Gasteiger partial charge < -0.3 is 24.8 Å². The van der Waals surface area contributed by atoms with E-state index in [-0.39, 0.29) is 30.2 Å². The number of carbonyl (C=O) groups excluding carboxylic acids is 2. The van der Waals surface area contributed by atoms with Crippen LogP contribution in [0.5, 0.6) is 11.5 Å². The molecule has 9 nitrogen and oxygen atoms in total. The van der Waals surface area contributed by atoms with Crippen LogP contribution in [0.25, 0.3) is 0 Å². The van der Waals surface area contributed by atoms with Gasteiger partial charge >= 0.3 is 12.4 Å². The summed E-state index contributed by atoms with van der Waals surface area (Å²) in [4.78, 5) is 30.1. The van der Waals surface area contributed by atoms with Crippen LogP contribution < -0.4 is 25.0 Å². The van der Waals surface area contributed by atoms with Crippen molar-refractivity contribution in [2.75, 3.05) is 37.6 Å². The summed E-state index contributed by atoms with van der Waals surface area (Å²) in [7, 11) is 2.74. The maximum absolute atomic E-state index is 14.1. The molecule has 0 bridgehead atoms. The largest absolute Gasteiger partial charge is 0.573 e. The lowest BCUT2D eigenvalue weighted by Crippen LogP contribution is -2.49. The van der Waals surface area contributed by atoms with Crippen molar-refractivity contribution < 1.29 is 41.4 Å². The summed E-state index contributed by atoms with van der Waals surface area (Å²) in [5.74, 6) is -2.25. The Morgan fingerprint density at radius 1 is 1.31 bits per heavy atom. The molecule has 32 heavy (non-hydrogen) atoms. The zero-order chi connectivity index (χ0) is 23.5. The fraction of sp³-hybridized carbons (Fsp3) is 0.316. The zero-order valence-corrected chi connectivity index (χ0v) is 16.8. The zero-order valence-electron chi connectivity index (χ0n) is 16.8. The number of aromatic nitrogens is 1. The maximum Gasteiger partial charge on any atom is 0.573 e. The highest BCUT2D eigenvalue weighted by molar-refractivity contribution is 6.08. The highest BCUT2D eigenvalue weighted by atomic mass is 19.4. The van der Waals surface area contributed by atoms with Gasteiger partial charge in [-0.15, -0.1) is 13.2 Å². The molecule has 3 rings (SSSR count). The molecule has 1 aliphatic heterocycles. The summed E-state index contributed by atoms with van der Waals surface area (Å²) in [6, 6.07) is 2.54. The Morgan fingerprint density at radius 3 is 2.69 bits per heavy atom. The third-order valence-electron chi connectivity index (χ3n) is 4.37. The number of amides is 3. The Bertz CT molecular complexity index is 1020. The van der Waals surface area contributed by atoms with E-state index in [0.29, 0.717) is 5.75 Å². The van der Waals surface area contributed by atoms with Crippen molar-refractivity contribution in [3.8, 4) is 11.5 Å². The standard InChI is InChI=1S/C19H18F4N4O5/c1-30-9-14(10-3-4-15(12(20)5-10)32-19(21,22)23)26-18(29)27-8-16(28)25-13-6-11(31-2)7-24-17(13)27/h3-7,14H,8-9H2,1-2H3,(H,25,28)(H,26,29). The molecule has 172 valence electrons. The van der Waals surface area contributed by atoms with Gasteiger partial charge in [0.25, 0.3) is 0 Å². The number of rotatable bonds is 6. The number of alkyl halides is 3. The monoisotopic (exact) mass is 458 g/mol. The van der Waals surface area contributed by atoms with Crippen molar-refractivity contribution in [1.29, 1.82) is 0 Å². The van der Waals surface area contributed by atoms with E-state index in [1.807, 2.05) is 0 Å². The normalized spacial score (nSPS) is 14.3. The van der Waals surface area contributed by atoms with Crippen molar-refractivity contribution in [2.45, 2.75) is 12.4 Å². The number of pyridine rings is 1. The first-order valence-corrected chi connectivity index (χ1v) is 9.07. The smallest absolute Gasteiger partial charge is 0.495 e. The van der Waals surface area contributed by atoms with Gasteiger partial charge in [-0.2, -0.15) is 0 Å². The lowest BCUT2D eigenvalue weighted by Gasteiger charge is -2.30. The number of nitrogens with zero attached hydrogens (tertiary/aromatic N) is 2. The van der Waals surface area contributed by atoms with Gasteiger partial charge in [-0.05, 0) is 17.7 Å². The van der Waals surface area contributed by atoms with E-state index >= 15 is 0 Å². The summed E-state index contributed by atoms with van der Waals surface area (Å²) in [6.45, 7) is -0.474. The van der Waals surface area contributed by atoms with Crippen LogP contribution in [0.15, 0.2) is 30.5 Å². The molecule has 2 aromatic rings. The number of halogens is 4. The molecular weight excluding hydrogens is 440 g/mol. The van der Waals surface area contributed by atoms with E-state index in [0.717, 1.165) is 23.1 Å². The van der Waals surface area contributed by atoms with E-state index in [4.69, 9.17) is 9.47 Å². The molecule has 1 aliphatic rings. The average Bonchev–Trinajstić information content (AvgIpc) is 2.72. The quantitative estimate of drug-likeness (QED) is 0.646. The van der Waals surface area contributed by atoms with Gasteiger partial charge in [-0.1, -0.05) is 6.07 Å². The van der Waals surface area contributed by atoms with E-state index in [9.17, 15) is 27.2 Å². The molecular formula is C19H18F4N4O5. The number of anilines is 2. The number of nitrogens with one attached hydrogen (secondary N) is 2. The Morgan fingerprint density at radius 2 is 2.06 bits per heavy atom. The van der Waals surface area contributed by atoms with E-state index < -0.39 is 35.9 Å². The molecule has 13 heteroatoms. The second kappa shape index (κ2) is 9.26. The van der Waals surface area contributed by atoms with E-state index in [2.05, 4.69) is 20.4 Å². The van der Waals surface area contributed by atoms with Gasteiger partial charge in [0.1, 0.15) is 12.3 Å². The predicted molar refractivity (Wildman–Crippen MR) is 103 cm³/mol. The van der Waals surface area contributed by atoms with Gasteiger partial charge in [0.2, 0.25) is 5.91 Å². The molecule has 2 N–H and O–H groups in total. The van der Waals surface area contributed by atoms with Gasteiger partial charge in [0, 0.05) is 13.2 Å². The topological polar surface area (TPSA) is 102 Å². The van der Waals surface area contributed by atoms with Crippen molar-refractivity contribution in [3.63, 3.8) is 0 Å². The lowest BCUT2D eigenvalue weighted by molar-refractivity contribution is -0.275. The van der Waals surface area contributed by atoms with Gasteiger partial charge in [-0.3, -0.25) is 9.69 Å². The Hall–Kier alpha value is -3.61. The fourth-order valence-corrected chi connectivity index (χ4v) is 2.99. The molecule has 1 atom stereocenters. The van der Waals surface area contributed by atoms with Crippen molar-refractivity contribution in [1.82, 2.24) is 10.3 Å². The number of ether oxygens (including phenoxy) is 3. The second-order valence-corrected chi connectivity index (χ2v) is 6.58. The molecule has 1 aromatic carbocycles. The number of benzene rings is 1. The molecule has 0 radical (unpaired) electrons. The molecule has 0 spiro atoms. The molecule has 1 unspecified atom stereocenters. The molecule has 3 amide bonds. The summed E-state index contributed by atoms with van der Waals surface area (Å²) in [5.41, 5.74) is 0.371. The predicted octanol–water partition coefficient (Wildman–Crippen LogP) is 2.98. The molecule has 1 aromatic heterocycles. The highest BCUT2D eigenvalue weighted by Crippen LogP contribution is 2.31. The Balaban J connectivity index is 1.83. The number of urea groups is 1. The van der Waals surface area contributed by atoms with Crippen molar-refractivity contribution >= 4 is 23.4 Å². The third kappa shape index (κ3) is 5.35. The molecule has 0 saturated heterocycles. The van der Waals surface area contributed by atoms with Crippen LogP contribution in [0, 0.1) is 5.82 Å². The first kappa shape index (κ1) is 23.1. The minimum atomic E-state index is -5.06. The summed E-state index contributed by atoms with van der Waals surface area (Å²) >= 11 is 0. The lowest BCUT2D eigenvalue weighted by atomic mass is 10.1. The van der Waals surface area contributed by atoms with Crippen LogP contribution in [-0.4, -0.2) is 50.7 Å². The summed E-state index contributed by atoms with van der Waals surface area (Å²) < 4.78 is 64.9. The number of hydrogen-bond donors (Lipinski definition) is 2. The first-order chi connectivity index (χ1) is 15.1. The summed E-state index contributed by atoms with van der Waals surface area (Å²) in [5, 5.41) is 5.15. The summed E-state index contributed by atoms with van der Waals surface area (Å²) in [6.07, 6.45) is -3.70. The Kier molecular flexibility index (Phi) is 6.67. The van der Waals surface area contributed by atoms with Crippen LogP contribution in [0.1, 0.15) is 11.6 Å². The minimum Gasteiger partial charge on any atom is -0.495 e. The number of fused-ring (bicyclic) bond motifs is 1. The maximum atomic E-state index is 14.1. The number of carbonyl (C=O) groups is 2. The molecule has 2 heterocycles. The molecule has 0 aliphatic carbocycles.